The zero-order chi connectivity index (χ0) is 14.5. The number of aliphatic hydroxyl groups excluding tert-OH is 1. The van der Waals surface area contributed by atoms with Crippen LogP contribution in [0.4, 0.5) is 0 Å². The molecule has 102 valence electrons. The SMILES string of the molecule is O=C1CNC(=O)C1=C(O)/C=C/C(Cl)=C/c1ccccc1. The van der Waals surface area contributed by atoms with Gasteiger partial charge < -0.3 is 10.4 Å². The van der Waals surface area contributed by atoms with Crippen molar-refractivity contribution in [2.75, 3.05) is 6.54 Å². The molecule has 2 rings (SSSR count). The Morgan fingerprint density at radius 2 is 1.90 bits per heavy atom. The van der Waals surface area contributed by atoms with E-state index in [0.29, 0.717) is 5.03 Å². The normalized spacial score (nSPS) is 18.6. The van der Waals surface area contributed by atoms with Crippen LogP contribution in [0.3, 0.4) is 0 Å². The Morgan fingerprint density at radius 3 is 2.50 bits per heavy atom. The number of ketones is 1. The van der Waals surface area contributed by atoms with E-state index in [-0.39, 0.29) is 17.9 Å². The number of rotatable bonds is 3. The van der Waals surface area contributed by atoms with E-state index in [9.17, 15) is 14.7 Å². The third-order valence-electron chi connectivity index (χ3n) is 2.68. The minimum Gasteiger partial charge on any atom is -0.507 e. The smallest absolute Gasteiger partial charge is 0.259 e. The average molecular weight is 290 g/mol. The zero-order valence-electron chi connectivity index (χ0n) is 10.5. The molecule has 2 N–H and O–H groups in total. The fraction of sp³-hybridized carbons (Fsp3) is 0.0667. The molecule has 1 aliphatic rings. The zero-order valence-corrected chi connectivity index (χ0v) is 11.2. The van der Waals surface area contributed by atoms with E-state index in [1.807, 2.05) is 30.3 Å². The number of hydrogen-bond acceptors (Lipinski definition) is 3. The first-order chi connectivity index (χ1) is 9.58. The average Bonchev–Trinajstić information content (AvgIpc) is 2.77. The molecule has 5 heteroatoms. The highest BCUT2D eigenvalue weighted by atomic mass is 35.5. The highest BCUT2D eigenvalue weighted by Crippen LogP contribution is 2.14. The number of aliphatic hydroxyl groups is 1. The van der Waals surface area contributed by atoms with Crippen molar-refractivity contribution in [3.8, 4) is 0 Å². The summed E-state index contributed by atoms with van der Waals surface area (Å²) in [5, 5.41) is 12.4. The lowest BCUT2D eigenvalue weighted by atomic mass is 10.1. The first kappa shape index (κ1) is 14.1. The minimum atomic E-state index is -0.569. The summed E-state index contributed by atoms with van der Waals surface area (Å²) >= 11 is 5.99. The van der Waals surface area contributed by atoms with Crippen LogP contribution >= 0.6 is 11.6 Å². The van der Waals surface area contributed by atoms with Crippen molar-refractivity contribution in [3.63, 3.8) is 0 Å². The molecule has 1 aromatic carbocycles. The second-order valence-corrected chi connectivity index (χ2v) is 4.58. The van der Waals surface area contributed by atoms with Gasteiger partial charge >= 0.3 is 0 Å². The number of Topliss-reactive ketones (excluding diaryl/α,β-unsaturated/α-hetero) is 1. The molecule has 0 aliphatic carbocycles. The van der Waals surface area contributed by atoms with Crippen LogP contribution in [0.25, 0.3) is 6.08 Å². The summed E-state index contributed by atoms with van der Waals surface area (Å²) in [6.07, 6.45) is 4.36. The van der Waals surface area contributed by atoms with Crippen LogP contribution in [-0.4, -0.2) is 23.3 Å². The Kier molecular flexibility index (Phi) is 4.38. The van der Waals surface area contributed by atoms with Gasteiger partial charge in [-0.2, -0.15) is 0 Å². The van der Waals surface area contributed by atoms with E-state index < -0.39 is 11.7 Å². The van der Waals surface area contributed by atoms with Gasteiger partial charge in [-0.15, -0.1) is 0 Å². The van der Waals surface area contributed by atoms with Crippen molar-refractivity contribution >= 4 is 29.4 Å². The van der Waals surface area contributed by atoms with E-state index in [1.54, 1.807) is 6.08 Å². The van der Waals surface area contributed by atoms with Crippen molar-refractivity contribution in [1.82, 2.24) is 5.32 Å². The van der Waals surface area contributed by atoms with Crippen molar-refractivity contribution < 1.29 is 14.7 Å². The van der Waals surface area contributed by atoms with Gasteiger partial charge in [-0.1, -0.05) is 41.9 Å². The molecule has 4 nitrogen and oxygen atoms in total. The van der Waals surface area contributed by atoms with Crippen LogP contribution in [0.2, 0.25) is 0 Å². The van der Waals surface area contributed by atoms with Crippen LogP contribution < -0.4 is 5.32 Å². The number of halogens is 1. The molecule has 0 bridgehead atoms. The Labute approximate surface area is 121 Å². The summed E-state index contributed by atoms with van der Waals surface area (Å²) in [6, 6.07) is 9.40. The molecule has 0 radical (unpaired) electrons. The summed E-state index contributed by atoms with van der Waals surface area (Å²) in [7, 11) is 0. The first-order valence-electron chi connectivity index (χ1n) is 5.93. The Hall–Kier alpha value is -2.33. The number of amides is 1. The lowest BCUT2D eigenvalue weighted by Gasteiger charge is -1.96. The quantitative estimate of drug-likeness (QED) is 0.388. The van der Waals surface area contributed by atoms with Crippen LogP contribution in [0.15, 0.2) is 58.8 Å². The maximum atomic E-state index is 11.4. The molecular weight excluding hydrogens is 278 g/mol. The van der Waals surface area contributed by atoms with Gasteiger partial charge in [0.1, 0.15) is 11.3 Å². The largest absolute Gasteiger partial charge is 0.507 e. The van der Waals surface area contributed by atoms with Gasteiger partial charge in [-0.05, 0) is 23.8 Å². The molecule has 20 heavy (non-hydrogen) atoms. The molecule has 0 saturated carbocycles. The molecule has 0 aromatic heterocycles. The standard InChI is InChI=1S/C15H12ClNO3/c16-11(8-10-4-2-1-3-5-10)6-7-12(18)14-13(19)9-17-15(14)20/h1-8,18H,9H2,(H,17,20)/b7-6+,11-8-,14-12?. The first-order valence-corrected chi connectivity index (χ1v) is 6.30. The van der Waals surface area contributed by atoms with E-state index in [4.69, 9.17) is 11.6 Å². The fourth-order valence-corrected chi connectivity index (χ4v) is 1.91. The van der Waals surface area contributed by atoms with Crippen molar-refractivity contribution in [1.29, 1.82) is 0 Å². The molecule has 1 heterocycles. The highest BCUT2D eigenvalue weighted by molar-refractivity contribution is 6.33. The molecule has 1 fully saturated rings. The number of carbonyl (C=O) groups excluding carboxylic acids is 2. The number of nitrogens with one attached hydrogen (secondary N) is 1. The fourth-order valence-electron chi connectivity index (χ4n) is 1.72. The van der Waals surface area contributed by atoms with Crippen molar-refractivity contribution in [2.24, 2.45) is 0 Å². The highest BCUT2D eigenvalue weighted by Gasteiger charge is 2.28. The summed E-state index contributed by atoms with van der Waals surface area (Å²) in [5.74, 6) is -1.38. The van der Waals surface area contributed by atoms with Gasteiger partial charge in [0.25, 0.3) is 5.91 Å². The van der Waals surface area contributed by atoms with Gasteiger partial charge in [-0.25, -0.2) is 0 Å². The second-order valence-electron chi connectivity index (χ2n) is 4.14. The van der Waals surface area contributed by atoms with Crippen LogP contribution in [0.5, 0.6) is 0 Å². The second kappa shape index (κ2) is 6.21. The van der Waals surface area contributed by atoms with Crippen LogP contribution in [0, 0.1) is 0 Å². The molecule has 1 aliphatic heterocycles. The summed E-state index contributed by atoms with van der Waals surface area (Å²) in [5.41, 5.74) is 0.675. The number of benzene rings is 1. The van der Waals surface area contributed by atoms with E-state index in [1.165, 1.54) is 12.2 Å². The Balaban J connectivity index is 2.17. The van der Waals surface area contributed by atoms with Gasteiger partial charge in [0.2, 0.25) is 0 Å². The van der Waals surface area contributed by atoms with E-state index in [0.717, 1.165) is 5.56 Å². The summed E-state index contributed by atoms with van der Waals surface area (Å²) in [4.78, 5) is 22.7. The maximum Gasteiger partial charge on any atom is 0.259 e. The molecule has 0 atom stereocenters. The van der Waals surface area contributed by atoms with Crippen molar-refractivity contribution in [2.45, 2.75) is 0 Å². The number of carbonyl (C=O) groups is 2. The number of hydrogen-bond donors (Lipinski definition) is 2. The van der Waals surface area contributed by atoms with Gasteiger partial charge in [0.05, 0.1) is 6.54 Å². The summed E-state index contributed by atoms with van der Waals surface area (Å²) < 4.78 is 0. The maximum absolute atomic E-state index is 11.4. The molecule has 1 aromatic rings. The van der Waals surface area contributed by atoms with Crippen LogP contribution in [0.1, 0.15) is 5.56 Å². The lowest BCUT2D eigenvalue weighted by Crippen LogP contribution is -2.14. The molecule has 0 spiro atoms. The van der Waals surface area contributed by atoms with Gasteiger partial charge in [-0.3, -0.25) is 9.59 Å². The number of allylic oxidation sites excluding steroid dienone is 3. The Morgan fingerprint density at radius 1 is 1.20 bits per heavy atom. The Bertz CT molecular complexity index is 612. The van der Waals surface area contributed by atoms with E-state index in [2.05, 4.69) is 5.32 Å². The molecule has 1 amide bonds. The van der Waals surface area contributed by atoms with Gasteiger partial charge in [0, 0.05) is 5.03 Å². The molecular formula is C15H12ClNO3. The third-order valence-corrected chi connectivity index (χ3v) is 2.91. The third kappa shape index (κ3) is 3.36. The topological polar surface area (TPSA) is 66.4 Å². The molecule has 0 unspecified atom stereocenters. The molecule has 1 saturated heterocycles. The van der Waals surface area contributed by atoms with E-state index >= 15 is 0 Å². The monoisotopic (exact) mass is 289 g/mol. The van der Waals surface area contributed by atoms with Crippen molar-refractivity contribution in [3.05, 3.63) is 64.4 Å². The van der Waals surface area contributed by atoms with Crippen LogP contribution in [-0.2, 0) is 9.59 Å². The minimum absolute atomic E-state index is 0.0837. The predicted molar refractivity (Wildman–Crippen MR) is 77.1 cm³/mol. The lowest BCUT2D eigenvalue weighted by molar-refractivity contribution is -0.117. The summed E-state index contributed by atoms with van der Waals surface area (Å²) in [6.45, 7) is -0.0837. The predicted octanol–water partition coefficient (Wildman–Crippen LogP) is 2.33. The van der Waals surface area contributed by atoms with Gasteiger partial charge in [0.15, 0.2) is 5.78 Å².